The Kier molecular flexibility index (Phi) is 6.69. The molecule has 2 aromatic rings. The van der Waals surface area contributed by atoms with Crippen LogP contribution in [0.15, 0.2) is 48.5 Å². The zero-order valence-electron chi connectivity index (χ0n) is 13.5. The van der Waals surface area contributed by atoms with E-state index in [0.717, 1.165) is 30.2 Å². The fraction of sp³-hybridized carbons (Fsp3) is 0.278. The van der Waals surface area contributed by atoms with Crippen molar-refractivity contribution >= 4 is 23.0 Å². The Morgan fingerprint density at radius 1 is 1.09 bits per heavy atom. The van der Waals surface area contributed by atoms with E-state index in [-0.39, 0.29) is 0 Å². The zero-order chi connectivity index (χ0) is 16.5. The zero-order valence-corrected chi connectivity index (χ0v) is 14.3. The number of anilines is 1. The second kappa shape index (κ2) is 9.00. The summed E-state index contributed by atoms with van der Waals surface area (Å²) >= 11 is 5.34. The van der Waals surface area contributed by atoms with Crippen molar-refractivity contribution in [3.8, 4) is 11.5 Å². The van der Waals surface area contributed by atoms with Crippen molar-refractivity contribution in [1.29, 1.82) is 0 Å². The maximum atomic E-state index is 5.57. The lowest BCUT2D eigenvalue weighted by Crippen LogP contribution is -2.30. The lowest BCUT2D eigenvalue weighted by molar-refractivity contribution is 0.342. The van der Waals surface area contributed by atoms with Crippen LogP contribution in [0.2, 0.25) is 0 Å². The summed E-state index contributed by atoms with van der Waals surface area (Å²) in [7, 11) is 1.67. The van der Waals surface area contributed by atoms with Crippen LogP contribution in [0.25, 0.3) is 0 Å². The first-order valence-electron chi connectivity index (χ1n) is 7.62. The summed E-state index contributed by atoms with van der Waals surface area (Å²) < 4.78 is 10.7. The molecule has 0 saturated heterocycles. The first-order valence-corrected chi connectivity index (χ1v) is 8.03. The third kappa shape index (κ3) is 5.45. The highest BCUT2D eigenvalue weighted by atomic mass is 32.1. The van der Waals surface area contributed by atoms with Crippen molar-refractivity contribution in [1.82, 2.24) is 5.32 Å². The van der Waals surface area contributed by atoms with Gasteiger partial charge in [-0.25, -0.2) is 0 Å². The summed E-state index contributed by atoms with van der Waals surface area (Å²) in [6.07, 6.45) is 0.888. The van der Waals surface area contributed by atoms with Crippen molar-refractivity contribution in [3.63, 3.8) is 0 Å². The van der Waals surface area contributed by atoms with Gasteiger partial charge >= 0.3 is 0 Å². The van der Waals surface area contributed by atoms with Gasteiger partial charge in [0.05, 0.1) is 19.4 Å². The van der Waals surface area contributed by atoms with Crippen LogP contribution in [0.1, 0.15) is 12.5 Å². The molecule has 0 spiro atoms. The number of para-hydroxylation sites is 2. The molecule has 23 heavy (non-hydrogen) atoms. The predicted octanol–water partition coefficient (Wildman–Crippen LogP) is 3.62. The summed E-state index contributed by atoms with van der Waals surface area (Å²) in [5.74, 6) is 1.67. The Bertz CT molecular complexity index is 629. The number of hydrogen-bond acceptors (Lipinski definition) is 3. The summed E-state index contributed by atoms with van der Waals surface area (Å²) in [5.41, 5.74) is 2.10. The van der Waals surface area contributed by atoms with E-state index in [2.05, 4.69) is 22.8 Å². The van der Waals surface area contributed by atoms with Gasteiger partial charge in [0, 0.05) is 6.54 Å². The van der Waals surface area contributed by atoms with E-state index in [1.165, 1.54) is 5.56 Å². The maximum Gasteiger partial charge on any atom is 0.170 e. The van der Waals surface area contributed by atoms with Crippen LogP contribution in [0.5, 0.6) is 11.5 Å². The molecule has 0 unspecified atom stereocenters. The minimum Gasteiger partial charge on any atom is -0.497 e. The second-order valence-electron chi connectivity index (χ2n) is 4.91. The Morgan fingerprint density at radius 3 is 2.52 bits per heavy atom. The number of nitrogens with one attached hydrogen (secondary N) is 2. The summed E-state index contributed by atoms with van der Waals surface area (Å²) in [4.78, 5) is 0. The van der Waals surface area contributed by atoms with Gasteiger partial charge in [0.2, 0.25) is 0 Å². The van der Waals surface area contributed by atoms with Crippen molar-refractivity contribution < 1.29 is 9.47 Å². The molecule has 2 aromatic carbocycles. The van der Waals surface area contributed by atoms with Gasteiger partial charge in [-0.2, -0.15) is 0 Å². The lowest BCUT2D eigenvalue weighted by atomic mass is 10.1. The second-order valence-corrected chi connectivity index (χ2v) is 5.32. The molecule has 0 aliphatic rings. The minimum atomic E-state index is 0.589. The quantitative estimate of drug-likeness (QED) is 0.759. The molecule has 0 atom stereocenters. The van der Waals surface area contributed by atoms with E-state index < -0.39 is 0 Å². The Balaban J connectivity index is 1.81. The van der Waals surface area contributed by atoms with E-state index in [0.29, 0.717) is 11.7 Å². The number of methoxy groups -OCH3 is 1. The van der Waals surface area contributed by atoms with E-state index in [4.69, 9.17) is 21.7 Å². The summed E-state index contributed by atoms with van der Waals surface area (Å²) in [6, 6.07) is 15.8. The number of benzene rings is 2. The van der Waals surface area contributed by atoms with E-state index in [1.54, 1.807) is 7.11 Å². The normalized spacial score (nSPS) is 10.0. The molecular formula is C18H22N2O2S. The molecule has 0 fully saturated rings. The molecule has 0 amide bonds. The largest absolute Gasteiger partial charge is 0.497 e. The lowest BCUT2D eigenvalue weighted by Gasteiger charge is -2.14. The van der Waals surface area contributed by atoms with Crippen LogP contribution < -0.4 is 20.1 Å². The number of thiocarbonyl (C=S) groups is 1. The Labute approximate surface area is 142 Å². The average Bonchev–Trinajstić information content (AvgIpc) is 2.57. The van der Waals surface area contributed by atoms with Gasteiger partial charge in [0.25, 0.3) is 0 Å². The van der Waals surface area contributed by atoms with Crippen LogP contribution in [0, 0.1) is 0 Å². The molecule has 0 radical (unpaired) electrons. The molecule has 0 saturated carbocycles. The van der Waals surface area contributed by atoms with Gasteiger partial charge in [-0.15, -0.1) is 0 Å². The molecule has 5 heteroatoms. The standard InChI is InChI=1S/C18H22N2O2S/c1-3-22-17-7-5-4-6-16(17)20-18(23)19-13-12-14-8-10-15(21-2)11-9-14/h4-11H,3,12-13H2,1-2H3,(H2,19,20,23). The van der Waals surface area contributed by atoms with E-state index >= 15 is 0 Å². The summed E-state index contributed by atoms with van der Waals surface area (Å²) in [6.45, 7) is 3.34. The fourth-order valence-corrected chi connectivity index (χ4v) is 2.34. The molecule has 0 aliphatic heterocycles. The molecule has 0 heterocycles. The Morgan fingerprint density at radius 2 is 1.83 bits per heavy atom. The van der Waals surface area contributed by atoms with Crippen molar-refractivity contribution in [3.05, 3.63) is 54.1 Å². The fourth-order valence-electron chi connectivity index (χ4n) is 2.13. The number of hydrogen-bond donors (Lipinski definition) is 2. The first kappa shape index (κ1) is 17.1. The SMILES string of the molecule is CCOc1ccccc1NC(=S)NCCc1ccc(OC)cc1. The highest BCUT2D eigenvalue weighted by molar-refractivity contribution is 7.80. The molecule has 0 aromatic heterocycles. The topological polar surface area (TPSA) is 42.5 Å². The summed E-state index contributed by atoms with van der Waals surface area (Å²) in [5, 5.41) is 6.97. The van der Waals surface area contributed by atoms with Crippen LogP contribution in [-0.2, 0) is 6.42 Å². The monoisotopic (exact) mass is 330 g/mol. The predicted molar refractivity (Wildman–Crippen MR) is 98.5 cm³/mol. The van der Waals surface area contributed by atoms with Gasteiger partial charge in [-0.3, -0.25) is 0 Å². The molecule has 2 N–H and O–H groups in total. The molecule has 0 aliphatic carbocycles. The maximum absolute atomic E-state index is 5.57. The number of rotatable bonds is 7. The smallest absolute Gasteiger partial charge is 0.170 e. The molecule has 122 valence electrons. The van der Waals surface area contributed by atoms with Gasteiger partial charge in [0.15, 0.2) is 5.11 Å². The van der Waals surface area contributed by atoms with Crippen molar-refractivity contribution in [2.45, 2.75) is 13.3 Å². The third-order valence-electron chi connectivity index (χ3n) is 3.29. The van der Waals surface area contributed by atoms with Gasteiger partial charge in [0.1, 0.15) is 11.5 Å². The van der Waals surface area contributed by atoms with Gasteiger partial charge in [-0.05, 0) is 55.4 Å². The van der Waals surface area contributed by atoms with Crippen LogP contribution in [-0.4, -0.2) is 25.4 Å². The third-order valence-corrected chi connectivity index (χ3v) is 3.54. The minimum absolute atomic E-state index is 0.589. The highest BCUT2D eigenvalue weighted by Crippen LogP contribution is 2.23. The molecular weight excluding hydrogens is 308 g/mol. The van der Waals surface area contributed by atoms with E-state index in [9.17, 15) is 0 Å². The van der Waals surface area contributed by atoms with E-state index in [1.807, 2.05) is 43.3 Å². The molecule has 0 bridgehead atoms. The van der Waals surface area contributed by atoms with Gasteiger partial charge in [-0.1, -0.05) is 24.3 Å². The average molecular weight is 330 g/mol. The van der Waals surface area contributed by atoms with Crippen LogP contribution >= 0.6 is 12.2 Å². The van der Waals surface area contributed by atoms with Crippen molar-refractivity contribution in [2.75, 3.05) is 25.6 Å². The highest BCUT2D eigenvalue weighted by Gasteiger charge is 2.04. The molecule has 4 nitrogen and oxygen atoms in total. The van der Waals surface area contributed by atoms with Crippen LogP contribution in [0.4, 0.5) is 5.69 Å². The first-order chi connectivity index (χ1) is 11.2. The van der Waals surface area contributed by atoms with Crippen LogP contribution in [0.3, 0.4) is 0 Å². The molecule has 2 rings (SSSR count). The van der Waals surface area contributed by atoms with Crippen molar-refractivity contribution in [2.24, 2.45) is 0 Å². The van der Waals surface area contributed by atoms with Gasteiger partial charge < -0.3 is 20.1 Å². The Hall–Kier alpha value is -2.27. The number of ether oxygens (including phenoxy) is 2.